The van der Waals surface area contributed by atoms with Crippen LogP contribution in [-0.2, 0) is 6.18 Å². The number of carbonyl (C=O) groups is 2. The first kappa shape index (κ1) is 22.3. The molecule has 0 atom stereocenters. The molecular weight excluding hydrogens is 435 g/mol. The van der Waals surface area contributed by atoms with Crippen molar-refractivity contribution in [2.45, 2.75) is 6.18 Å². The fourth-order valence-electron chi connectivity index (χ4n) is 3.56. The number of nitrogens with one attached hydrogen (secondary N) is 1. The van der Waals surface area contributed by atoms with E-state index < -0.39 is 17.6 Å². The average Bonchev–Trinajstić information content (AvgIpc) is 2.84. The van der Waals surface area contributed by atoms with Gasteiger partial charge in [-0.3, -0.25) is 9.59 Å². The Morgan fingerprint density at radius 1 is 0.818 bits per heavy atom. The molecule has 1 saturated heterocycles. The lowest BCUT2D eigenvalue weighted by atomic mass is 10.1. The third-order valence-corrected chi connectivity index (χ3v) is 5.28. The molecule has 0 saturated carbocycles. The summed E-state index contributed by atoms with van der Waals surface area (Å²) >= 11 is 0. The molecule has 2 amide bonds. The molecule has 2 aromatic carbocycles. The second-order valence-electron chi connectivity index (χ2n) is 7.42. The number of carbonyl (C=O) groups excluding carboxylic acids is 2. The SMILES string of the molecule is O=C(Nc1ccc(N2CCN(C(=O)c3ccccc3C(F)(F)F)CC2)nn1)c1ccccc1. The van der Waals surface area contributed by atoms with E-state index in [0.717, 1.165) is 6.07 Å². The molecule has 3 aromatic rings. The summed E-state index contributed by atoms with van der Waals surface area (Å²) in [5.74, 6) is -0.0998. The summed E-state index contributed by atoms with van der Waals surface area (Å²) in [4.78, 5) is 28.2. The number of piperazine rings is 1. The number of hydrogen-bond acceptors (Lipinski definition) is 5. The zero-order valence-corrected chi connectivity index (χ0v) is 17.4. The number of anilines is 2. The van der Waals surface area contributed by atoms with Crippen molar-refractivity contribution in [3.8, 4) is 0 Å². The maximum absolute atomic E-state index is 13.2. The van der Waals surface area contributed by atoms with Gasteiger partial charge in [-0.2, -0.15) is 13.2 Å². The van der Waals surface area contributed by atoms with Gasteiger partial charge in [0, 0.05) is 31.7 Å². The van der Waals surface area contributed by atoms with Gasteiger partial charge < -0.3 is 15.1 Å². The van der Waals surface area contributed by atoms with Crippen LogP contribution in [0.15, 0.2) is 66.7 Å². The van der Waals surface area contributed by atoms with E-state index in [0.29, 0.717) is 30.3 Å². The predicted octanol–water partition coefficient (Wildman–Crippen LogP) is 3.71. The largest absolute Gasteiger partial charge is 0.417 e. The second-order valence-corrected chi connectivity index (χ2v) is 7.42. The molecule has 7 nitrogen and oxygen atoms in total. The highest BCUT2D eigenvalue weighted by Crippen LogP contribution is 2.32. The van der Waals surface area contributed by atoms with Crippen molar-refractivity contribution >= 4 is 23.5 Å². The zero-order chi connectivity index (χ0) is 23.4. The lowest BCUT2D eigenvalue weighted by Crippen LogP contribution is -2.49. The van der Waals surface area contributed by atoms with Gasteiger partial charge in [0.05, 0.1) is 11.1 Å². The van der Waals surface area contributed by atoms with Crippen molar-refractivity contribution in [2.24, 2.45) is 0 Å². The fraction of sp³-hybridized carbons (Fsp3) is 0.217. The van der Waals surface area contributed by atoms with Gasteiger partial charge in [0.1, 0.15) is 0 Å². The van der Waals surface area contributed by atoms with Crippen molar-refractivity contribution in [3.63, 3.8) is 0 Å². The Labute approximate surface area is 187 Å². The molecule has 1 N–H and O–H groups in total. The Hall–Kier alpha value is -3.95. The van der Waals surface area contributed by atoms with Crippen LogP contribution in [0.3, 0.4) is 0 Å². The highest BCUT2D eigenvalue weighted by atomic mass is 19.4. The standard InChI is InChI=1S/C23H20F3N5O2/c24-23(25,26)18-9-5-4-8-17(18)22(33)31-14-12-30(13-15-31)20-11-10-19(28-29-20)27-21(32)16-6-2-1-3-7-16/h1-11H,12-15H2,(H,27,28,32). The molecule has 1 aliphatic heterocycles. The zero-order valence-electron chi connectivity index (χ0n) is 17.4. The van der Waals surface area contributed by atoms with Crippen molar-refractivity contribution < 1.29 is 22.8 Å². The molecule has 4 rings (SSSR count). The Morgan fingerprint density at radius 2 is 1.48 bits per heavy atom. The third-order valence-electron chi connectivity index (χ3n) is 5.28. The van der Waals surface area contributed by atoms with Crippen molar-refractivity contribution in [1.29, 1.82) is 0 Å². The third kappa shape index (κ3) is 5.11. The van der Waals surface area contributed by atoms with Gasteiger partial charge in [-0.1, -0.05) is 30.3 Å². The summed E-state index contributed by atoms with van der Waals surface area (Å²) in [5.41, 5.74) is -0.788. The summed E-state index contributed by atoms with van der Waals surface area (Å²) in [5, 5.41) is 10.8. The first-order valence-electron chi connectivity index (χ1n) is 10.2. The molecule has 33 heavy (non-hydrogen) atoms. The van der Waals surface area contributed by atoms with Gasteiger partial charge in [-0.25, -0.2) is 0 Å². The molecule has 0 radical (unpaired) electrons. The topological polar surface area (TPSA) is 78.4 Å². The monoisotopic (exact) mass is 455 g/mol. The number of hydrogen-bond donors (Lipinski definition) is 1. The number of alkyl halides is 3. The first-order valence-corrected chi connectivity index (χ1v) is 10.2. The molecular formula is C23H20F3N5O2. The van der Waals surface area contributed by atoms with E-state index in [4.69, 9.17) is 0 Å². The summed E-state index contributed by atoms with van der Waals surface area (Å²) in [6, 6.07) is 16.8. The quantitative estimate of drug-likeness (QED) is 0.649. The van der Waals surface area contributed by atoms with E-state index in [1.807, 2.05) is 11.0 Å². The molecule has 1 fully saturated rings. The number of benzene rings is 2. The molecule has 1 aliphatic rings. The number of rotatable bonds is 4. The summed E-state index contributed by atoms with van der Waals surface area (Å²) < 4.78 is 39.7. The number of halogens is 3. The van der Waals surface area contributed by atoms with Crippen LogP contribution in [0.2, 0.25) is 0 Å². The van der Waals surface area contributed by atoms with Gasteiger partial charge in [-0.15, -0.1) is 10.2 Å². The van der Waals surface area contributed by atoms with Crippen LogP contribution in [0.4, 0.5) is 24.8 Å². The number of aromatic nitrogens is 2. The second kappa shape index (κ2) is 9.27. The van der Waals surface area contributed by atoms with Gasteiger partial charge in [-0.05, 0) is 36.4 Å². The molecule has 0 aliphatic carbocycles. The minimum absolute atomic E-state index is 0.249. The van der Waals surface area contributed by atoms with Crippen LogP contribution in [0, 0.1) is 0 Å². The van der Waals surface area contributed by atoms with E-state index in [1.54, 1.807) is 36.4 Å². The van der Waals surface area contributed by atoms with Crippen LogP contribution in [0.25, 0.3) is 0 Å². The molecule has 10 heteroatoms. The van der Waals surface area contributed by atoms with Crippen molar-refractivity contribution in [3.05, 3.63) is 83.4 Å². The summed E-state index contributed by atoms with van der Waals surface area (Å²) in [6.45, 7) is 1.28. The van der Waals surface area contributed by atoms with Crippen LogP contribution >= 0.6 is 0 Å². The van der Waals surface area contributed by atoms with Gasteiger partial charge in [0.25, 0.3) is 11.8 Å². The molecule has 0 bridgehead atoms. The number of nitrogens with zero attached hydrogens (tertiary/aromatic N) is 4. The van der Waals surface area contributed by atoms with Crippen molar-refractivity contribution in [2.75, 3.05) is 36.4 Å². The van der Waals surface area contributed by atoms with E-state index in [2.05, 4.69) is 15.5 Å². The van der Waals surface area contributed by atoms with Crippen molar-refractivity contribution in [1.82, 2.24) is 15.1 Å². The lowest BCUT2D eigenvalue weighted by molar-refractivity contribution is -0.138. The van der Waals surface area contributed by atoms with E-state index in [1.165, 1.54) is 23.1 Å². The Balaban J connectivity index is 1.37. The van der Waals surface area contributed by atoms with Gasteiger partial charge in [0.2, 0.25) is 0 Å². The van der Waals surface area contributed by atoms with E-state index in [-0.39, 0.29) is 24.6 Å². The molecule has 1 aromatic heterocycles. The molecule has 2 heterocycles. The van der Waals surface area contributed by atoms with Crippen LogP contribution in [-0.4, -0.2) is 53.1 Å². The maximum Gasteiger partial charge on any atom is 0.417 e. The summed E-state index contributed by atoms with van der Waals surface area (Å²) in [6.07, 6.45) is -4.60. The number of amides is 2. The Kier molecular flexibility index (Phi) is 6.25. The van der Waals surface area contributed by atoms with Crippen LogP contribution < -0.4 is 10.2 Å². The minimum Gasteiger partial charge on any atom is -0.352 e. The Morgan fingerprint density at radius 3 is 2.12 bits per heavy atom. The highest BCUT2D eigenvalue weighted by molar-refractivity contribution is 6.03. The first-order chi connectivity index (χ1) is 15.8. The minimum atomic E-state index is -4.60. The highest BCUT2D eigenvalue weighted by Gasteiger charge is 2.36. The Bertz CT molecular complexity index is 1130. The molecule has 170 valence electrons. The average molecular weight is 455 g/mol. The van der Waals surface area contributed by atoms with Crippen LogP contribution in [0.1, 0.15) is 26.3 Å². The van der Waals surface area contributed by atoms with E-state index in [9.17, 15) is 22.8 Å². The predicted molar refractivity (Wildman–Crippen MR) is 116 cm³/mol. The lowest BCUT2D eigenvalue weighted by Gasteiger charge is -2.35. The van der Waals surface area contributed by atoms with Gasteiger partial charge in [0.15, 0.2) is 11.6 Å². The molecule has 0 spiro atoms. The summed E-state index contributed by atoms with van der Waals surface area (Å²) in [7, 11) is 0. The fourth-order valence-corrected chi connectivity index (χ4v) is 3.56. The van der Waals surface area contributed by atoms with E-state index >= 15 is 0 Å². The molecule has 0 unspecified atom stereocenters. The maximum atomic E-state index is 13.2. The smallest absolute Gasteiger partial charge is 0.352 e. The van der Waals surface area contributed by atoms with Gasteiger partial charge >= 0.3 is 6.18 Å². The van der Waals surface area contributed by atoms with Crippen LogP contribution in [0.5, 0.6) is 0 Å². The normalized spacial score (nSPS) is 14.2.